The molecule has 0 saturated carbocycles. The summed E-state index contributed by atoms with van der Waals surface area (Å²) in [5.74, 6) is -0.299. The number of para-hydroxylation sites is 1. The number of ketones is 1. The first-order valence-corrected chi connectivity index (χ1v) is 10.4. The molecule has 0 aliphatic heterocycles. The van der Waals surface area contributed by atoms with Gasteiger partial charge >= 0.3 is 0 Å². The highest BCUT2D eigenvalue weighted by Crippen LogP contribution is 2.31. The van der Waals surface area contributed by atoms with Gasteiger partial charge in [-0.1, -0.05) is 47.5 Å². The number of aromatic nitrogens is 5. The Morgan fingerprint density at radius 3 is 2.72 bits per heavy atom. The summed E-state index contributed by atoms with van der Waals surface area (Å²) in [6.45, 7) is 2.37. The minimum atomic E-state index is -0.354. The fourth-order valence-electron chi connectivity index (χ4n) is 3.68. The summed E-state index contributed by atoms with van der Waals surface area (Å²) in [5.41, 5.74) is 3.51. The molecular weight excluding hydrogens is 449 g/mol. The summed E-state index contributed by atoms with van der Waals surface area (Å²) in [6, 6.07) is 14.7. The van der Waals surface area contributed by atoms with Crippen LogP contribution in [0.2, 0.25) is 10.0 Å². The van der Waals surface area contributed by atoms with E-state index >= 15 is 0 Å². The highest BCUT2D eigenvalue weighted by molar-refractivity contribution is 6.35. The van der Waals surface area contributed by atoms with Crippen LogP contribution < -0.4 is 0 Å². The predicted molar refractivity (Wildman–Crippen MR) is 121 cm³/mol. The molecule has 0 atom stereocenters. The van der Waals surface area contributed by atoms with Gasteiger partial charge in [-0.15, -0.1) is 10.2 Å². The number of halogens is 2. The maximum Gasteiger partial charge on any atom is 0.289 e. The molecule has 2 aromatic carbocycles. The molecular formula is C23H15Cl2N5O2. The van der Waals surface area contributed by atoms with Gasteiger partial charge in [0, 0.05) is 39.4 Å². The lowest BCUT2D eigenvalue weighted by molar-refractivity contribution is 0.100. The van der Waals surface area contributed by atoms with Crippen LogP contribution in [0.3, 0.4) is 0 Å². The minimum absolute atomic E-state index is 0.103. The van der Waals surface area contributed by atoms with E-state index in [2.05, 4.69) is 20.2 Å². The summed E-state index contributed by atoms with van der Waals surface area (Å²) in [6.07, 6.45) is 2.94. The number of carbonyl (C=O) groups excluding carboxylic acids is 1. The third kappa shape index (κ3) is 3.55. The van der Waals surface area contributed by atoms with Crippen molar-refractivity contribution in [2.24, 2.45) is 0 Å². The molecule has 0 aliphatic carbocycles. The van der Waals surface area contributed by atoms with Gasteiger partial charge in [-0.25, -0.2) is 9.97 Å². The summed E-state index contributed by atoms with van der Waals surface area (Å²) < 4.78 is 7.68. The van der Waals surface area contributed by atoms with Gasteiger partial charge in [-0.3, -0.25) is 4.79 Å². The van der Waals surface area contributed by atoms with Crippen molar-refractivity contribution in [3.8, 4) is 11.6 Å². The summed E-state index contributed by atoms with van der Waals surface area (Å²) in [4.78, 5) is 21.4. The van der Waals surface area contributed by atoms with E-state index in [1.54, 1.807) is 24.4 Å². The van der Waals surface area contributed by atoms with E-state index in [0.29, 0.717) is 27.8 Å². The second-order valence-corrected chi connectivity index (χ2v) is 7.98. The maximum atomic E-state index is 13.4. The molecule has 0 fully saturated rings. The second kappa shape index (κ2) is 8.18. The Bertz CT molecular complexity index is 1460. The quantitative estimate of drug-likeness (QED) is 0.325. The normalized spacial score (nSPS) is 11.2. The Labute approximate surface area is 192 Å². The standard InChI is InChI=1S/C23H15Cl2N5O2/c1-13-20(21(31)23-29-28-22(32-23)18-8-9-26-12-27-18)16-4-2-3-5-19(16)30(13)11-14-6-7-15(24)10-17(14)25/h2-10,12H,11H2,1H3. The van der Waals surface area contributed by atoms with E-state index < -0.39 is 0 Å². The molecule has 7 nitrogen and oxygen atoms in total. The average Bonchev–Trinajstić information content (AvgIpc) is 3.40. The Balaban J connectivity index is 1.58. The third-order valence-corrected chi connectivity index (χ3v) is 5.81. The number of benzene rings is 2. The topological polar surface area (TPSA) is 86.7 Å². The first-order valence-electron chi connectivity index (χ1n) is 9.69. The number of carbonyl (C=O) groups is 1. The van der Waals surface area contributed by atoms with Crippen molar-refractivity contribution < 1.29 is 9.21 Å². The van der Waals surface area contributed by atoms with E-state index in [1.807, 2.05) is 41.8 Å². The zero-order valence-electron chi connectivity index (χ0n) is 16.8. The molecule has 158 valence electrons. The molecule has 0 radical (unpaired) electrons. The van der Waals surface area contributed by atoms with Crippen LogP contribution in [0.4, 0.5) is 0 Å². The Morgan fingerprint density at radius 2 is 1.94 bits per heavy atom. The number of hydrogen-bond donors (Lipinski definition) is 0. The molecule has 32 heavy (non-hydrogen) atoms. The van der Waals surface area contributed by atoms with Crippen LogP contribution >= 0.6 is 23.2 Å². The highest BCUT2D eigenvalue weighted by Gasteiger charge is 2.26. The Hall–Kier alpha value is -3.55. The van der Waals surface area contributed by atoms with Crippen LogP contribution in [0.25, 0.3) is 22.5 Å². The second-order valence-electron chi connectivity index (χ2n) is 7.14. The molecule has 0 unspecified atom stereocenters. The van der Waals surface area contributed by atoms with Crippen molar-refractivity contribution in [3.05, 3.63) is 93.8 Å². The predicted octanol–water partition coefficient (Wildman–Crippen LogP) is 5.38. The minimum Gasteiger partial charge on any atom is -0.412 e. The van der Waals surface area contributed by atoms with Gasteiger partial charge in [0.1, 0.15) is 12.0 Å². The Kier molecular flexibility index (Phi) is 5.20. The Morgan fingerprint density at radius 1 is 1.09 bits per heavy atom. The van der Waals surface area contributed by atoms with E-state index in [1.165, 1.54) is 6.33 Å². The number of hydrogen-bond acceptors (Lipinski definition) is 6. The van der Waals surface area contributed by atoms with E-state index in [0.717, 1.165) is 22.2 Å². The number of rotatable bonds is 5. The summed E-state index contributed by atoms with van der Waals surface area (Å²) in [5, 5.41) is 9.86. The van der Waals surface area contributed by atoms with Crippen LogP contribution in [-0.4, -0.2) is 30.5 Å². The van der Waals surface area contributed by atoms with Crippen LogP contribution in [-0.2, 0) is 6.54 Å². The summed E-state index contributed by atoms with van der Waals surface area (Å²) >= 11 is 12.4. The fourth-order valence-corrected chi connectivity index (χ4v) is 4.15. The fraction of sp³-hybridized carbons (Fsp3) is 0.0870. The van der Waals surface area contributed by atoms with Crippen molar-refractivity contribution in [1.29, 1.82) is 0 Å². The molecule has 9 heteroatoms. The van der Waals surface area contributed by atoms with Gasteiger partial charge in [0.2, 0.25) is 0 Å². The molecule has 0 saturated heterocycles. The molecule has 3 heterocycles. The monoisotopic (exact) mass is 463 g/mol. The largest absolute Gasteiger partial charge is 0.412 e. The lowest BCUT2D eigenvalue weighted by Crippen LogP contribution is -2.07. The smallest absolute Gasteiger partial charge is 0.289 e. The number of fused-ring (bicyclic) bond motifs is 1. The van der Waals surface area contributed by atoms with Crippen molar-refractivity contribution in [2.45, 2.75) is 13.5 Å². The van der Waals surface area contributed by atoms with Crippen molar-refractivity contribution in [3.63, 3.8) is 0 Å². The van der Waals surface area contributed by atoms with Crippen molar-refractivity contribution in [1.82, 2.24) is 24.7 Å². The molecule has 0 amide bonds. The maximum absolute atomic E-state index is 13.4. The van der Waals surface area contributed by atoms with E-state index in [-0.39, 0.29) is 17.6 Å². The average molecular weight is 464 g/mol. The molecule has 5 aromatic rings. The van der Waals surface area contributed by atoms with E-state index in [9.17, 15) is 4.79 Å². The molecule has 0 spiro atoms. The van der Waals surface area contributed by atoms with Gasteiger partial charge in [0.05, 0.1) is 5.56 Å². The van der Waals surface area contributed by atoms with Crippen LogP contribution in [0.1, 0.15) is 27.5 Å². The molecule has 0 N–H and O–H groups in total. The van der Waals surface area contributed by atoms with Gasteiger partial charge in [-0.05, 0) is 36.8 Å². The third-order valence-electron chi connectivity index (χ3n) is 5.22. The lowest BCUT2D eigenvalue weighted by Gasteiger charge is -2.10. The lowest BCUT2D eigenvalue weighted by atomic mass is 10.1. The first kappa shape index (κ1) is 20.4. The highest BCUT2D eigenvalue weighted by atomic mass is 35.5. The molecule has 0 bridgehead atoms. The van der Waals surface area contributed by atoms with E-state index in [4.69, 9.17) is 27.6 Å². The number of nitrogens with zero attached hydrogens (tertiary/aromatic N) is 5. The van der Waals surface area contributed by atoms with Crippen LogP contribution in [0, 0.1) is 6.92 Å². The van der Waals surface area contributed by atoms with Crippen LogP contribution in [0.15, 0.2) is 65.5 Å². The van der Waals surface area contributed by atoms with Crippen LogP contribution in [0.5, 0.6) is 0 Å². The summed E-state index contributed by atoms with van der Waals surface area (Å²) in [7, 11) is 0. The van der Waals surface area contributed by atoms with Gasteiger partial charge in [0.15, 0.2) is 0 Å². The van der Waals surface area contributed by atoms with Gasteiger partial charge < -0.3 is 8.98 Å². The zero-order chi connectivity index (χ0) is 22.2. The van der Waals surface area contributed by atoms with Crippen molar-refractivity contribution >= 4 is 39.9 Å². The molecule has 0 aliphatic rings. The first-order chi connectivity index (χ1) is 15.5. The zero-order valence-corrected chi connectivity index (χ0v) is 18.3. The van der Waals surface area contributed by atoms with Gasteiger partial charge in [-0.2, -0.15) is 0 Å². The van der Waals surface area contributed by atoms with Gasteiger partial charge in [0.25, 0.3) is 17.6 Å². The molecule has 5 rings (SSSR count). The molecule has 3 aromatic heterocycles. The van der Waals surface area contributed by atoms with Crippen molar-refractivity contribution in [2.75, 3.05) is 0 Å². The SMILES string of the molecule is Cc1c(C(=O)c2nnc(-c3ccncn3)o2)c2ccccc2n1Cc1ccc(Cl)cc1Cl.